The molecule has 0 radical (unpaired) electrons. The molecule has 0 saturated carbocycles. The Labute approximate surface area is 160 Å². The third kappa shape index (κ3) is 5.27. The van der Waals surface area contributed by atoms with Crippen LogP contribution in [0.3, 0.4) is 0 Å². The first-order chi connectivity index (χ1) is 12.8. The second-order valence-corrected chi connectivity index (χ2v) is 9.70. The Hall–Kier alpha value is -1.51. The van der Waals surface area contributed by atoms with Gasteiger partial charge in [-0.15, -0.1) is 0 Å². The van der Waals surface area contributed by atoms with E-state index in [2.05, 4.69) is 12.3 Å². The lowest BCUT2D eigenvalue weighted by molar-refractivity contribution is -0.128. The maximum absolute atomic E-state index is 13.1. The monoisotopic (exact) mass is 397 g/mol. The number of carbonyl (C=O) groups excluding carboxylic acids is 1. The van der Waals surface area contributed by atoms with E-state index < -0.39 is 15.8 Å². The van der Waals surface area contributed by atoms with Crippen LogP contribution in [0.4, 0.5) is 4.39 Å². The van der Waals surface area contributed by atoms with E-state index in [9.17, 15) is 17.6 Å². The summed E-state index contributed by atoms with van der Waals surface area (Å²) in [6.45, 7) is 4.66. The molecule has 150 valence electrons. The fourth-order valence-electron chi connectivity index (χ4n) is 3.94. The van der Waals surface area contributed by atoms with Crippen LogP contribution in [0.5, 0.6) is 0 Å². The fraction of sp³-hybridized carbons (Fsp3) is 0.632. The molecule has 0 aliphatic carbocycles. The van der Waals surface area contributed by atoms with Crippen molar-refractivity contribution < 1.29 is 17.6 Å². The Balaban J connectivity index is 1.57. The average molecular weight is 398 g/mol. The third-order valence-electron chi connectivity index (χ3n) is 5.35. The molecule has 1 aromatic rings. The van der Waals surface area contributed by atoms with Crippen LogP contribution in [0.2, 0.25) is 0 Å². The van der Waals surface area contributed by atoms with Crippen LogP contribution in [0, 0.1) is 17.7 Å². The SMILES string of the molecule is CC1CCCN(NC(=O)CC2CCCN(S(=O)(=O)c3ccc(F)cc3)C2)C1. The number of hydrogen-bond acceptors (Lipinski definition) is 4. The first kappa shape index (κ1) is 20.2. The van der Waals surface area contributed by atoms with Gasteiger partial charge in [0.25, 0.3) is 0 Å². The fourth-order valence-corrected chi connectivity index (χ4v) is 5.50. The quantitative estimate of drug-likeness (QED) is 0.828. The lowest BCUT2D eigenvalue weighted by atomic mass is 9.96. The Bertz CT molecular complexity index is 754. The van der Waals surface area contributed by atoms with Crippen LogP contribution in [0.25, 0.3) is 0 Å². The number of sulfonamides is 1. The van der Waals surface area contributed by atoms with Crippen molar-refractivity contribution in [3.63, 3.8) is 0 Å². The van der Waals surface area contributed by atoms with Crippen molar-refractivity contribution in [3.05, 3.63) is 30.1 Å². The lowest BCUT2D eigenvalue weighted by Crippen LogP contribution is -2.48. The number of halogens is 1. The normalized spacial score (nSPS) is 25.3. The zero-order chi connectivity index (χ0) is 19.4. The zero-order valence-electron chi connectivity index (χ0n) is 15.7. The summed E-state index contributed by atoms with van der Waals surface area (Å²) in [5, 5.41) is 1.98. The van der Waals surface area contributed by atoms with Gasteiger partial charge in [-0.1, -0.05) is 6.92 Å². The molecule has 1 aromatic carbocycles. The van der Waals surface area contributed by atoms with Crippen molar-refractivity contribution in [1.29, 1.82) is 0 Å². The van der Waals surface area contributed by atoms with E-state index in [0.717, 1.165) is 44.5 Å². The molecule has 8 heteroatoms. The largest absolute Gasteiger partial charge is 0.289 e. The van der Waals surface area contributed by atoms with Crippen molar-refractivity contribution in [2.45, 2.75) is 43.9 Å². The maximum atomic E-state index is 13.1. The summed E-state index contributed by atoms with van der Waals surface area (Å²) >= 11 is 0. The highest BCUT2D eigenvalue weighted by Crippen LogP contribution is 2.26. The zero-order valence-corrected chi connectivity index (χ0v) is 16.5. The van der Waals surface area contributed by atoms with E-state index in [4.69, 9.17) is 0 Å². The highest BCUT2D eigenvalue weighted by atomic mass is 32.2. The van der Waals surface area contributed by atoms with Gasteiger partial charge in [-0.25, -0.2) is 17.8 Å². The molecule has 6 nitrogen and oxygen atoms in total. The first-order valence-electron chi connectivity index (χ1n) is 9.65. The van der Waals surface area contributed by atoms with Gasteiger partial charge >= 0.3 is 0 Å². The molecule has 2 fully saturated rings. The molecule has 0 spiro atoms. The number of benzene rings is 1. The predicted molar refractivity (Wildman–Crippen MR) is 101 cm³/mol. The number of rotatable bonds is 5. The van der Waals surface area contributed by atoms with Gasteiger partial charge in [-0.05, 0) is 61.8 Å². The van der Waals surface area contributed by atoms with Crippen molar-refractivity contribution >= 4 is 15.9 Å². The van der Waals surface area contributed by atoms with Gasteiger partial charge in [0.2, 0.25) is 15.9 Å². The molecule has 3 rings (SSSR count). The second-order valence-electron chi connectivity index (χ2n) is 7.76. The molecule has 2 saturated heterocycles. The van der Waals surface area contributed by atoms with E-state index in [0.29, 0.717) is 25.4 Å². The standard InChI is InChI=1S/C19H28FN3O3S/c1-15-4-2-10-22(13-15)21-19(24)12-16-5-3-11-23(14-16)27(25,26)18-8-6-17(20)7-9-18/h6-9,15-16H,2-5,10-14H2,1H3,(H,21,24). The molecule has 0 aromatic heterocycles. The minimum atomic E-state index is -3.66. The van der Waals surface area contributed by atoms with Gasteiger partial charge in [-0.3, -0.25) is 10.2 Å². The number of nitrogens with zero attached hydrogens (tertiary/aromatic N) is 2. The summed E-state index contributed by atoms with van der Waals surface area (Å²) in [4.78, 5) is 12.5. The van der Waals surface area contributed by atoms with Crippen LogP contribution in [0.15, 0.2) is 29.2 Å². The summed E-state index contributed by atoms with van der Waals surface area (Å²) < 4.78 is 40.1. The van der Waals surface area contributed by atoms with Crippen LogP contribution in [-0.2, 0) is 14.8 Å². The Kier molecular flexibility index (Phi) is 6.49. The summed E-state index contributed by atoms with van der Waals surface area (Å²) in [5.74, 6) is 0.0607. The van der Waals surface area contributed by atoms with E-state index in [1.165, 1.54) is 22.9 Å². The molecule has 27 heavy (non-hydrogen) atoms. The van der Waals surface area contributed by atoms with Crippen molar-refractivity contribution in [3.8, 4) is 0 Å². The second kappa shape index (κ2) is 8.67. The molecule has 2 atom stereocenters. The molecule has 2 heterocycles. The number of piperidine rings is 2. The highest BCUT2D eigenvalue weighted by Gasteiger charge is 2.31. The molecule has 2 aliphatic rings. The minimum absolute atomic E-state index is 0.00353. The summed E-state index contributed by atoms with van der Waals surface area (Å²) in [7, 11) is -3.66. The average Bonchev–Trinajstić information content (AvgIpc) is 2.62. The van der Waals surface area contributed by atoms with Gasteiger partial charge in [0.15, 0.2) is 0 Å². The summed E-state index contributed by atoms with van der Waals surface area (Å²) in [5.41, 5.74) is 2.97. The van der Waals surface area contributed by atoms with Crippen LogP contribution >= 0.6 is 0 Å². The Morgan fingerprint density at radius 1 is 1.15 bits per heavy atom. The predicted octanol–water partition coefficient (Wildman–Crippen LogP) is 2.38. The van der Waals surface area contributed by atoms with Gasteiger partial charge in [0, 0.05) is 32.6 Å². The van der Waals surface area contributed by atoms with Crippen LogP contribution in [0.1, 0.15) is 39.0 Å². The molecule has 1 amide bonds. The van der Waals surface area contributed by atoms with E-state index >= 15 is 0 Å². The summed E-state index contributed by atoms with van der Waals surface area (Å²) in [6, 6.07) is 4.89. The topological polar surface area (TPSA) is 69.7 Å². The first-order valence-corrected chi connectivity index (χ1v) is 11.1. The molecule has 2 unspecified atom stereocenters. The van der Waals surface area contributed by atoms with E-state index in [-0.39, 0.29) is 16.7 Å². The number of nitrogens with one attached hydrogen (secondary N) is 1. The van der Waals surface area contributed by atoms with Crippen molar-refractivity contribution in [1.82, 2.24) is 14.7 Å². The van der Waals surface area contributed by atoms with Crippen molar-refractivity contribution in [2.24, 2.45) is 11.8 Å². The third-order valence-corrected chi connectivity index (χ3v) is 7.23. The summed E-state index contributed by atoms with van der Waals surface area (Å²) in [6.07, 6.45) is 4.14. The number of hydrogen-bond donors (Lipinski definition) is 1. The minimum Gasteiger partial charge on any atom is -0.289 e. The highest BCUT2D eigenvalue weighted by molar-refractivity contribution is 7.89. The van der Waals surface area contributed by atoms with Gasteiger partial charge < -0.3 is 0 Å². The lowest BCUT2D eigenvalue weighted by Gasteiger charge is -2.33. The maximum Gasteiger partial charge on any atom is 0.243 e. The molecular formula is C19H28FN3O3S. The Morgan fingerprint density at radius 3 is 2.56 bits per heavy atom. The number of amides is 1. The molecule has 1 N–H and O–H groups in total. The van der Waals surface area contributed by atoms with Gasteiger partial charge in [0.1, 0.15) is 5.82 Å². The van der Waals surface area contributed by atoms with Crippen LogP contribution < -0.4 is 5.43 Å². The van der Waals surface area contributed by atoms with E-state index in [1.807, 2.05) is 5.01 Å². The smallest absolute Gasteiger partial charge is 0.243 e. The van der Waals surface area contributed by atoms with Gasteiger partial charge in [-0.2, -0.15) is 4.31 Å². The molecule has 2 aliphatic heterocycles. The van der Waals surface area contributed by atoms with Crippen LogP contribution in [-0.4, -0.2) is 49.8 Å². The van der Waals surface area contributed by atoms with Gasteiger partial charge in [0.05, 0.1) is 4.90 Å². The molecular weight excluding hydrogens is 369 g/mol. The number of hydrazine groups is 1. The molecule has 0 bridgehead atoms. The number of carbonyl (C=O) groups is 1. The van der Waals surface area contributed by atoms with E-state index in [1.54, 1.807) is 0 Å². The Morgan fingerprint density at radius 2 is 1.85 bits per heavy atom. The van der Waals surface area contributed by atoms with Crippen molar-refractivity contribution in [2.75, 3.05) is 26.2 Å².